The molecule has 0 unspecified atom stereocenters. The van der Waals surface area contributed by atoms with E-state index in [4.69, 9.17) is 9.72 Å². The normalized spacial score (nSPS) is 17.3. The Bertz CT molecular complexity index is 820. The molecule has 3 rings (SSSR count). The van der Waals surface area contributed by atoms with Crippen molar-refractivity contribution in [1.82, 2.24) is 20.2 Å². The number of likely N-dealkylation sites (tertiary alicyclic amines) is 1. The van der Waals surface area contributed by atoms with Gasteiger partial charge in [-0.3, -0.25) is 9.69 Å². The first kappa shape index (κ1) is 21.2. The average molecular weight is 397 g/mol. The Kier molecular flexibility index (Phi) is 7.20. The van der Waals surface area contributed by atoms with Crippen molar-refractivity contribution in [3.05, 3.63) is 53.1 Å². The summed E-state index contributed by atoms with van der Waals surface area (Å²) in [6.45, 7) is 8.88. The number of rotatable bonds is 7. The first-order valence-electron chi connectivity index (χ1n) is 10.5. The second-order valence-electron chi connectivity index (χ2n) is 8.15. The maximum atomic E-state index is 13.0. The molecule has 1 saturated heterocycles. The fourth-order valence-corrected chi connectivity index (χ4v) is 3.93. The molecule has 2 heterocycles. The molecule has 1 N–H and O–H groups in total. The van der Waals surface area contributed by atoms with E-state index in [0.717, 1.165) is 42.9 Å². The number of carbonyl (C=O) groups excluding carboxylic acids is 1. The highest BCUT2D eigenvalue weighted by atomic mass is 16.5. The summed E-state index contributed by atoms with van der Waals surface area (Å²) < 4.78 is 5.19. The third-order valence-corrected chi connectivity index (χ3v) is 5.32. The van der Waals surface area contributed by atoms with E-state index in [9.17, 15) is 4.79 Å². The number of hydrogen-bond acceptors (Lipinski definition) is 5. The lowest BCUT2D eigenvalue weighted by atomic mass is 9.95. The molecule has 156 valence electrons. The summed E-state index contributed by atoms with van der Waals surface area (Å²) in [5.41, 5.74) is 2.47. The molecule has 0 saturated carbocycles. The van der Waals surface area contributed by atoms with E-state index in [1.807, 2.05) is 31.2 Å². The fraction of sp³-hybridized carbons (Fsp3) is 0.522. The minimum atomic E-state index is -0.120. The Hall–Kier alpha value is -2.47. The van der Waals surface area contributed by atoms with Crippen molar-refractivity contribution in [3.63, 3.8) is 0 Å². The number of piperidine rings is 1. The van der Waals surface area contributed by atoms with Crippen LogP contribution in [0.15, 0.2) is 30.5 Å². The summed E-state index contributed by atoms with van der Waals surface area (Å²) in [7, 11) is 1.64. The van der Waals surface area contributed by atoms with Gasteiger partial charge in [0.15, 0.2) is 0 Å². The lowest BCUT2D eigenvalue weighted by molar-refractivity contribution is 0.0937. The molecule has 1 aromatic carbocycles. The van der Waals surface area contributed by atoms with Crippen molar-refractivity contribution in [2.45, 2.75) is 52.6 Å². The van der Waals surface area contributed by atoms with Gasteiger partial charge in [-0.25, -0.2) is 9.97 Å². The number of nitrogens with zero attached hydrogens (tertiary/aromatic N) is 3. The maximum Gasteiger partial charge on any atom is 0.255 e. The van der Waals surface area contributed by atoms with Gasteiger partial charge in [0, 0.05) is 19.3 Å². The van der Waals surface area contributed by atoms with Gasteiger partial charge in [0.1, 0.15) is 11.6 Å². The van der Waals surface area contributed by atoms with E-state index in [1.165, 1.54) is 6.42 Å². The molecule has 1 aliphatic heterocycles. The first-order valence-corrected chi connectivity index (χ1v) is 10.5. The number of benzene rings is 1. The van der Waals surface area contributed by atoms with E-state index in [-0.39, 0.29) is 11.9 Å². The Morgan fingerprint density at radius 1 is 1.28 bits per heavy atom. The van der Waals surface area contributed by atoms with Crippen LogP contribution in [0.25, 0.3) is 0 Å². The number of amides is 1. The smallest absolute Gasteiger partial charge is 0.255 e. The molecular formula is C23H32N4O2. The number of methoxy groups -OCH3 is 1. The number of nitrogens with one attached hydrogen (secondary N) is 1. The monoisotopic (exact) mass is 396 g/mol. The van der Waals surface area contributed by atoms with Crippen molar-refractivity contribution in [1.29, 1.82) is 0 Å². The molecule has 1 fully saturated rings. The van der Waals surface area contributed by atoms with Crippen LogP contribution in [-0.4, -0.2) is 41.0 Å². The summed E-state index contributed by atoms with van der Waals surface area (Å²) in [6.07, 6.45) is 5.08. The molecule has 2 aromatic rings. The number of carbonyl (C=O) groups is 1. The Balaban J connectivity index is 1.78. The third kappa shape index (κ3) is 5.54. The molecule has 1 amide bonds. The zero-order chi connectivity index (χ0) is 20.8. The number of ether oxygens (including phenoxy) is 1. The zero-order valence-corrected chi connectivity index (χ0v) is 17.9. The highest BCUT2D eigenvalue weighted by molar-refractivity contribution is 5.95. The summed E-state index contributed by atoms with van der Waals surface area (Å²) >= 11 is 0. The summed E-state index contributed by atoms with van der Waals surface area (Å²) in [5.74, 6) is 1.97. The summed E-state index contributed by atoms with van der Waals surface area (Å²) in [6, 6.07) is 7.88. The zero-order valence-electron chi connectivity index (χ0n) is 17.9. The Morgan fingerprint density at radius 3 is 2.72 bits per heavy atom. The highest BCUT2D eigenvalue weighted by Crippen LogP contribution is 2.32. The second kappa shape index (κ2) is 9.83. The van der Waals surface area contributed by atoms with E-state index in [2.05, 4.69) is 29.0 Å². The van der Waals surface area contributed by atoms with Crippen LogP contribution < -0.4 is 10.1 Å². The molecule has 0 bridgehead atoms. The van der Waals surface area contributed by atoms with E-state index in [0.29, 0.717) is 23.9 Å². The molecule has 6 nitrogen and oxygen atoms in total. The van der Waals surface area contributed by atoms with Crippen LogP contribution in [0.5, 0.6) is 5.75 Å². The van der Waals surface area contributed by atoms with Gasteiger partial charge in [-0.05, 0) is 49.9 Å². The Labute approximate surface area is 173 Å². The molecule has 1 atom stereocenters. The van der Waals surface area contributed by atoms with Crippen LogP contribution >= 0.6 is 0 Å². The minimum Gasteiger partial charge on any atom is -0.497 e. The van der Waals surface area contributed by atoms with Crippen LogP contribution in [0.2, 0.25) is 0 Å². The first-order chi connectivity index (χ1) is 14.0. The molecule has 0 aliphatic carbocycles. The minimum absolute atomic E-state index is 0.120. The van der Waals surface area contributed by atoms with Crippen LogP contribution in [-0.2, 0) is 6.54 Å². The van der Waals surface area contributed by atoms with Gasteiger partial charge < -0.3 is 10.1 Å². The van der Waals surface area contributed by atoms with Gasteiger partial charge in [0.2, 0.25) is 0 Å². The summed E-state index contributed by atoms with van der Waals surface area (Å²) in [4.78, 5) is 24.5. The Morgan fingerprint density at radius 2 is 2.03 bits per heavy atom. The second-order valence-corrected chi connectivity index (χ2v) is 8.15. The van der Waals surface area contributed by atoms with Crippen LogP contribution in [0.1, 0.15) is 66.6 Å². The van der Waals surface area contributed by atoms with Crippen molar-refractivity contribution in [2.75, 3.05) is 20.2 Å². The predicted octanol–water partition coefficient (Wildman–Crippen LogP) is 3.91. The third-order valence-electron chi connectivity index (χ3n) is 5.32. The van der Waals surface area contributed by atoms with E-state index < -0.39 is 0 Å². The van der Waals surface area contributed by atoms with Gasteiger partial charge in [0.05, 0.1) is 24.4 Å². The molecule has 6 heteroatoms. The van der Waals surface area contributed by atoms with Gasteiger partial charge in [-0.1, -0.05) is 32.4 Å². The molecule has 0 spiro atoms. The number of aryl methyl sites for hydroxylation is 1. The fourth-order valence-electron chi connectivity index (χ4n) is 3.93. The SMILES string of the molecule is COc1ccc(CNC(=O)c2cnc(C)nc2[C@@H]2CCCCN2CC(C)C)cc1. The quantitative estimate of drug-likeness (QED) is 0.769. The van der Waals surface area contributed by atoms with Crippen molar-refractivity contribution >= 4 is 5.91 Å². The standard InChI is InChI=1S/C23H32N4O2/c1-16(2)15-27-12-6-5-7-21(27)22-20(14-24-17(3)26-22)23(28)25-13-18-8-10-19(29-4)11-9-18/h8-11,14,16,21H,5-7,12-13,15H2,1-4H3,(H,25,28)/t21-/m0/s1. The van der Waals surface area contributed by atoms with Crippen molar-refractivity contribution in [2.24, 2.45) is 5.92 Å². The van der Waals surface area contributed by atoms with E-state index >= 15 is 0 Å². The number of aromatic nitrogens is 2. The number of hydrogen-bond donors (Lipinski definition) is 1. The topological polar surface area (TPSA) is 67.3 Å². The highest BCUT2D eigenvalue weighted by Gasteiger charge is 2.29. The molecule has 1 aliphatic rings. The van der Waals surface area contributed by atoms with Crippen molar-refractivity contribution < 1.29 is 9.53 Å². The predicted molar refractivity (Wildman–Crippen MR) is 114 cm³/mol. The molecule has 0 radical (unpaired) electrons. The maximum absolute atomic E-state index is 13.0. The van der Waals surface area contributed by atoms with Gasteiger partial charge in [-0.2, -0.15) is 0 Å². The largest absolute Gasteiger partial charge is 0.497 e. The van der Waals surface area contributed by atoms with Gasteiger partial charge >= 0.3 is 0 Å². The van der Waals surface area contributed by atoms with Crippen LogP contribution in [0.3, 0.4) is 0 Å². The average Bonchev–Trinajstić information content (AvgIpc) is 2.72. The lowest BCUT2D eigenvalue weighted by Gasteiger charge is -2.37. The van der Waals surface area contributed by atoms with Crippen LogP contribution in [0.4, 0.5) is 0 Å². The molecular weight excluding hydrogens is 364 g/mol. The van der Waals surface area contributed by atoms with Crippen molar-refractivity contribution in [3.8, 4) is 5.75 Å². The van der Waals surface area contributed by atoms with Gasteiger partial charge in [-0.15, -0.1) is 0 Å². The van der Waals surface area contributed by atoms with Crippen LogP contribution in [0, 0.1) is 12.8 Å². The molecule has 1 aromatic heterocycles. The molecule has 29 heavy (non-hydrogen) atoms. The summed E-state index contributed by atoms with van der Waals surface area (Å²) in [5, 5.41) is 3.03. The van der Waals surface area contributed by atoms with E-state index in [1.54, 1.807) is 13.3 Å². The lowest BCUT2D eigenvalue weighted by Crippen LogP contribution is -2.38. The van der Waals surface area contributed by atoms with Gasteiger partial charge in [0.25, 0.3) is 5.91 Å².